The van der Waals surface area contributed by atoms with Gasteiger partial charge in [-0.2, -0.15) is 11.8 Å². The maximum atomic E-state index is 10.7. The van der Waals surface area contributed by atoms with E-state index in [0.29, 0.717) is 11.7 Å². The summed E-state index contributed by atoms with van der Waals surface area (Å²) in [5.74, 6) is 1.36. The molecule has 0 aliphatic rings. The quantitative estimate of drug-likeness (QED) is 0.575. The van der Waals surface area contributed by atoms with Gasteiger partial charge in [-0.05, 0) is 19.1 Å². The lowest BCUT2D eigenvalue weighted by molar-refractivity contribution is -0.116. The van der Waals surface area contributed by atoms with E-state index in [-0.39, 0.29) is 5.78 Å². The predicted octanol–water partition coefficient (Wildman–Crippen LogP) is 2.12. The van der Waals surface area contributed by atoms with Crippen LogP contribution in [0.2, 0.25) is 0 Å². The summed E-state index contributed by atoms with van der Waals surface area (Å²) in [4.78, 5) is 10.7. The van der Waals surface area contributed by atoms with Crippen LogP contribution in [-0.2, 0) is 9.53 Å². The second-order valence-corrected chi connectivity index (χ2v) is 4.48. The Labute approximate surface area is 79.1 Å². The van der Waals surface area contributed by atoms with E-state index in [1.54, 1.807) is 14.0 Å². The Bertz CT molecular complexity index is 126. The van der Waals surface area contributed by atoms with Crippen molar-refractivity contribution >= 4 is 17.5 Å². The third-order valence-corrected chi connectivity index (χ3v) is 2.73. The average Bonchev–Trinajstić information content (AvgIpc) is 1.97. The van der Waals surface area contributed by atoms with E-state index in [2.05, 4.69) is 6.92 Å². The van der Waals surface area contributed by atoms with Crippen molar-refractivity contribution < 1.29 is 9.53 Å². The van der Waals surface area contributed by atoms with Crippen LogP contribution < -0.4 is 0 Å². The first-order valence-corrected chi connectivity index (χ1v) is 5.31. The first-order chi connectivity index (χ1) is 5.66. The molecule has 0 spiro atoms. The molecule has 0 saturated carbocycles. The smallest absolute Gasteiger partial charge is 0.130 e. The number of hydrogen-bond donors (Lipinski definition) is 0. The van der Waals surface area contributed by atoms with Crippen molar-refractivity contribution in [3.8, 4) is 0 Å². The molecule has 3 heteroatoms. The molecule has 0 amide bonds. The molecule has 0 fully saturated rings. The first kappa shape index (κ1) is 12.0. The SMILES string of the molecule is COCCCSC(C)CC(C)=O. The fourth-order valence-corrected chi connectivity index (χ4v) is 1.99. The molecule has 0 aromatic rings. The monoisotopic (exact) mass is 190 g/mol. The zero-order valence-electron chi connectivity index (χ0n) is 8.13. The van der Waals surface area contributed by atoms with Gasteiger partial charge in [-0.15, -0.1) is 0 Å². The Morgan fingerprint density at radius 3 is 2.75 bits per heavy atom. The van der Waals surface area contributed by atoms with Crippen molar-refractivity contribution in [3.63, 3.8) is 0 Å². The Balaban J connectivity index is 3.19. The third-order valence-electron chi connectivity index (χ3n) is 1.47. The summed E-state index contributed by atoms with van der Waals surface area (Å²) in [6.45, 7) is 4.56. The number of thioether (sulfide) groups is 1. The minimum absolute atomic E-state index is 0.279. The van der Waals surface area contributed by atoms with Crippen molar-refractivity contribution in [1.29, 1.82) is 0 Å². The summed E-state index contributed by atoms with van der Waals surface area (Å²) in [6.07, 6.45) is 1.76. The highest BCUT2D eigenvalue weighted by Gasteiger charge is 2.04. The Kier molecular flexibility index (Phi) is 7.61. The number of carbonyl (C=O) groups is 1. The molecular formula is C9H18O2S. The molecule has 0 N–H and O–H groups in total. The number of Topliss-reactive ketones (excluding diaryl/α,β-unsaturated/α-hetero) is 1. The predicted molar refractivity (Wildman–Crippen MR) is 53.7 cm³/mol. The second-order valence-electron chi connectivity index (χ2n) is 2.93. The van der Waals surface area contributed by atoms with Crippen LogP contribution in [0.15, 0.2) is 0 Å². The largest absolute Gasteiger partial charge is 0.385 e. The molecule has 0 saturated heterocycles. The number of rotatable bonds is 7. The van der Waals surface area contributed by atoms with Crippen molar-refractivity contribution in [3.05, 3.63) is 0 Å². The van der Waals surface area contributed by atoms with Crippen LogP contribution in [0.5, 0.6) is 0 Å². The van der Waals surface area contributed by atoms with E-state index < -0.39 is 0 Å². The highest BCUT2D eigenvalue weighted by molar-refractivity contribution is 7.99. The van der Waals surface area contributed by atoms with Gasteiger partial charge in [-0.1, -0.05) is 6.92 Å². The number of ketones is 1. The minimum atomic E-state index is 0.279. The van der Waals surface area contributed by atoms with Crippen molar-refractivity contribution in [1.82, 2.24) is 0 Å². The van der Waals surface area contributed by atoms with Crippen molar-refractivity contribution in [2.45, 2.75) is 31.9 Å². The molecule has 1 unspecified atom stereocenters. The van der Waals surface area contributed by atoms with Gasteiger partial charge in [-0.25, -0.2) is 0 Å². The molecule has 1 atom stereocenters. The maximum absolute atomic E-state index is 10.7. The summed E-state index contributed by atoms with van der Waals surface area (Å²) in [5.41, 5.74) is 0. The lowest BCUT2D eigenvalue weighted by Crippen LogP contribution is -2.04. The third kappa shape index (κ3) is 8.08. The number of carbonyl (C=O) groups excluding carboxylic acids is 1. The van der Waals surface area contributed by atoms with E-state index in [9.17, 15) is 4.79 Å². The molecule has 0 rings (SSSR count). The van der Waals surface area contributed by atoms with Gasteiger partial charge in [0.15, 0.2) is 0 Å². The first-order valence-electron chi connectivity index (χ1n) is 4.26. The highest BCUT2D eigenvalue weighted by atomic mass is 32.2. The van der Waals surface area contributed by atoms with E-state index in [0.717, 1.165) is 18.8 Å². The van der Waals surface area contributed by atoms with Gasteiger partial charge in [0.25, 0.3) is 0 Å². The molecule has 0 aliphatic heterocycles. The number of hydrogen-bond acceptors (Lipinski definition) is 3. The Hall–Kier alpha value is -0.0200. The fraction of sp³-hybridized carbons (Fsp3) is 0.889. The number of ether oxygens (including phenoxy) is 1. The fourth-order valence-electron chi connectivity index (χ4n) is 0.952. The summed E-state index contributed by atoms with van der Waals surface area (Å²) in [7, 11) is 1.71. The van der Waals surface area contributed by atoms with Gasteiger partial charge in [0.05, 0.1) is 0 Å². The second kappa shape index (κ2) is 7.62. The van der Waals surface area contributed by atoms with E-state index >= 15 is 0 Å². The lowest BCUT2D eigenvalue weighted by Gasteiger charge is -2.07. The van der Waals surface area contributed by atoms with Crippen molar-refractivity contribution in [2.24, 2.45) is 0 Å². The van der Waals surface area contributed by atoms with Crippen LogP contribution in [0.1, 0.15) is 26.7 Å². The van der Waals surface area contributed by atoms with Crippen LogP contribution >= 0.6 is 11.8 Å². The zero-order chi connectivity index (χ0) is 9.40. The molecule has 0 aliphatic carbocycles. The van der Waals surface area contributed by atoms with Crippen molar-refractivity contribution in [2.75, 3.05) is 19.5 Å². The lowest BCUT2D eigenvalue weighted by atomic mass is 10.2. The molecule has 0 radical (unpaired) electrons. The van der Waals surface area contributed by atoms with E-state index in [4.69, 9.17) is 4.74 Å². The van der Waals surface area contributed by atoms with Gasteiger partial charge in [0.2, 0.25) is 0 Å². The number of methoxy groups -OCH3 is 1. The average molecular weight is 190 g/mol. The van der Waals surface area contributed by atoms with E-state index in [1.807, 2.05) is 11.8 Å². The summed E-state index contributed by atoms with van der Waals surface area (Å²) in [6, 6.07) is 0. The van der Waals surface area contributed by atoms with Gasteiger partial charge in [0, 0.05) is 25.4 Å². The van der Waals surface area contributed by atoms with Crippen LogP contribution in [0.4, 0.5) is 0 Å². The van der Waals surface area contributed by atoms with Crippen LogP contribution in [0, 0.1) is 0 Å². The molecule has 0 bridgehead atoms. The molecule has 12 heavy (non-hydrogen) atoms. The minimum Gasteiger partial charge on any atom is -0.385 e. The molecule has 72 valence electrons. The zero-order valence-corrected chi connectivity index (χ0v) is 8.95. The van der Waals surface area contributed by atoms with Crippen LogP contribution in [-0.4, -0.2) is 30.5 Å². The molecule has 0 aromatic carbocycles. The van der Waals surface area contributed by atoms with Gasteiger partial charge < -0.3 is 4.74 Å². The Morgan fingerprint density at radius 2 is 2.25 bits per heavy atom. The van der Waals surface area contributed by atoms with Crippen LogP contribution in [0.25, 0.3) is 0 Å². The van der Waals surface area contributed by atoms with E-state index in [1.165, 1.54) is 0 Å². The Morgan fingerprint density at radius 1 is 1.58 bits per heavy atom. The topological polar surface area (TPSA) is 26.3 Å². The van der Waals surface area contributed by atoms with Crippen LogP contribution in [0.3, 0.4) is 0 Å². The molecular weight excluding hydrogens is 172 g/mol. The maximum Gasteiger partial charge on any atom is 0.130 e. The standard InChI is InChI=1S/C9H18O2S/c1-8(10)7-9(2)12-6-4-5-11-3/h9H,4-7H2,1-3H3. The normalized spacial score (nSPS) is 12.9. The van der Waals surface area contributed by atoms with Gasteiger partial charge in [-0.3, -0.25) is 4.79 Å². The summed E-state index contributed by atoms with van der Waals surface area (Å²) >= 11 is 1.84. The van der Waals surface area contributed by atoms with Gasteiger partial charge >= 0.3 is 0 Å². The van der Waals surface area contributed by atoms with Gasteiger partial charge in [0.1, 0.15) is 5.78 Å². The molecule has 2 nitrogen and oxygen atoms in total. The molecule has 0 heterocycles. The molecule has 0 aromatic heterocycles. The summed E-state index contributed by atoms with van der Waals surface area (Å²) in [5, 5.41) is 0.458. The highest BCUT2D eigenvalue weighted by Crippen LogP contribution is 2.14. The summed E-state index contributed by atoms with van der Waals surface area (Å²) < 4.78 is 4.92.